The maximum absolute atomic E-state index is 3.55. The van der Waals surface area contributed by atoms with Crippen LogP contribution < -0.4 is 5.32 Å². The molecule has 1 N–H and O–H groups in total. The second-order valence-electron chi connectivity index (χ2n) is 6.55. The van der Waals surface area contributed by atoms with Crippen LogP contribution in [-0.4, -0.2) is 37.1 Å². The first-order valence-corrected chi connectivity index (χ1v) is 7.22. The van der Waals surface area contributed by atoms with Gasteiger partial charge in [-0.05, 0) is 63.5 Å². The smallest absolute Gasteiger partial charge is 0.00730 e. The van der Waals surface area contributed by atoms with Crippen molar-refractivity contribution in [1.29, 1.82) is 0 Å². The van der Waals surface area contributed by atoms with Gasteiger partial charge in [-0.15, -0.1) is 12.4 Å². The van der Waals surface area contributed by atoms with E-state index in [0.717, 1.165) is 17.4 Å². The molecule has 3 aliphatic rings. The zero-order valence-corrected chi connectivity index (χ0v) is 11.9. The standard InChI is InChI=1S/C14H26N2.ClH/c1-12-8-14(5-3-6-14)11-16(12)10-13-4-2-7-15-9-13;/h12-13,15H,2-11H2,1H3;1H. The van der Waals surface area contributed by atoms with Crippen LogP contribution >= 0.6 is 12.4 Å². The zero-order valence-electron chi connectivity index (χ0n) is 11.1. The van der Waals surface area contributed by atoms with Gasteiger partial charge in [0.2, 0.25) is 0 Å². The Hall–Kier alpha value is 0.210. The Kier molecular flexibility index (Phi) is 4.38. The van der Waals surface area contributed by atoms with Gasteiger partial charge < -0.3 is 5.32 Å². The number of hydrogen-bond donors (Lipinski definition) is 1. The molecule has 0 radical (unpaired) electrons. The molecule has 2 saturated heterocycles. The van der Waals surface area contributed by atoms with Crippen LogP contribution in [0.2, 0.25) is 0 Å². The predicted octanol–water partition coefficient (Wildman–Crippen LogP) is 2.67. The summed E-state index contributed by atoms with van der Waals surface area (Å²) in [7, 11) is 0. The Labute approximate surface area is 112 Å². The minimum atomic E-state index is 0. The lowest BCUT2D eigenvalue weighted by Crippen LogP contribution is -2.40. The molecule has 1 aliphatic carbocycles. The third-order valence-electron chi connectivity index (χ3n) is 5.20. The van der Waals surface area contributed by atoms with E-state index < -0.39 is 0 Å². The first-order valence-electron chi connectivity index (χ1n) is 7.22. The second-order valence-corrected chi connectivity index (χ2v) is 6.55. The SMILES string of the molecule is CC1CC2(CCC2)CN1CC1CCCNC1.Cl. The van der Waals surface area contributed by atoms with Gasteiger partial charge in [-0.25, -0.2) is 0 Å². The van der Waals surface area contributed by atoms with E-state index in [1.165, 1.54) is 64.7 Å². The fraction of sp³-hybridized carbons (Fsp3) is 1.00. The summed E-state index contributed by atoms with van der Waals surface area (Å²) in [5, 5.41) is 3.55. The lowest BCUT2D eigenvalue weighted by atomic mass is 9.68. The van der Waals surface area contributed by atoms with E-state index >= 15 is 0 Å². The molecule has 0 aromatic carbocycles. The van der Waals surface area contributed by atoms with Crippen LogP contribution in [0.15, 0.2) is 0 Å². The van der Waals surface area contributed by atoms with Crippen molar-refractivity contribution in [2.45, 2.75) is 51.5 Å². The molecule has 2 atom stereocenters. The van der Waals surface area contributed by atoms with E-state index in [1.807, 2.05) is 0 Å². The number of nitrogens with one attached hydrogen (secondary N) is 1. The van der Waals surface area contributed by atoms with Crippen molar-refractivity contribution in [3.63, 3.8) is 0 Å². The third kappa shape index (κ3) is 2.80. The molecule has 100 valence electrons. The summed E-state index contributed by atoms with van der Waals surface area (Å²) < 4.78 is 0. The van der Waals surface area contributed by atoms with Crippen LogP contribution in [0.3, 0.4) is 0 Å². The van der Waals surface area contributed by atoms with E-state index in [9.17, 15) is 0 Å². The summed E-state index contributed by atoms with van der Waals surface area (Å²) in [5.41, 5.74) is 0.765. The molecule has 2 unspecified atom stereocenters. The van der Waals surface area contributed by atoms with Crippen molar-refractivity contribution in [1.82, 2.24) is 10.2 Å². The zero-order chi connectivity index (χ0) is 11.0. The Morgan fingerprint density at radius 1 is 1.29 bits per heavy atom. The summed E-state index contributed by atoms with van der Waals surface area (Å²) in [5.74, 6) is 0.923. The van der Waals surface area contributed by atoms with E-state index in [0.29, 0.717) is 0 Å². The van der Waals surface area contributed by atoms with Crippen LogP contribution in [0.1, 0.15) is 45.4 Å². The minimum Gasteiger partial charge on any atom is -0.316 e. The molecule has 1 spiro atoms. The molecule has 2 nitrogen and oxygen atoms in total. The number of nitrogens with zero attached hydrogens (tertiary/aromatic N) is 1. The normalized spacial score (nSPS) is 36.5. The average molecular weight is 259 g/mol. The van der Waals surface area contributed by atoms with Gasteiger partial charge in [0.15, 0.2) is 0 Å². The molecule has 3 rings (SSSR count). The van der Waals surface area contributed by atoms with Crippen LogP contribution in [0.5, 0.6) is 0 Å². The maximum Gasteiger partial charge on any atom is 0.00730 e. The maximum atomic E-state index is 3.55. The molecule has 0 bridgehead atoms. The summed E-state index contributed by atoms with van der Waals surface area (Å²) >= 11 is 0. The van der Waals surface area contributed by atoms with Crippen molar-refractivity contribution < 1.29 is 0 Å². The molecular formula is C14H27ClN2. The van der Waals surface area contributed by atoms with E-state index in [4.69, 9.17) is 0 Å². The van der Waals surface area contributed by atoms with Crippen LogP contribution in [0.4, 0.5) is 0 Å². The Bertz CT molecular complexity index is 247. The Morgan fingerprint density at radius 2 is 2.12 bits per heavy atom. The summed E-state index contributed by atoms with van der Waals surface area (Å²) in [4.78, 5) is 2.79. The highest BCUT2D eigenvalue weighted by atomic mass is 35.5. The van der Waals surface area contributed by atoms with Crippen molar-refractivity contribution in [3.8, 4) is 0 Å². The van der Waals surface area contributed by atoms with Gasteiger partial charge in [0.05, 0.1) is 0 Å². The highest BCUT2D eigenvalue weighted by Crippen LogP contribution is 2.50. The van der Waals surface area contributed by atoms with Gasteiger partial charge in [0, 0.05) is 19.1 Å². The minimum absolute atomic E-state index is 0. The van der Waals surface area contributed by atoms with Gasteiger partial charge in [0.1, 0.15) is 0 Å². The van der Waals surface area contributed by atoms with Gasteiger partial charge in [-0.1, -0.05) is 6.42 Å². The van der Waals surface area contributed by atoms with Crippen LogP contribution in [0, 0.1) is 11.3 Å². The summed E-state index contributed by atoms with van der Waals surface area (Å²) in [6.07, 6.45) is 8.83. The molecule has 0 aromatic rings. The summed E-state index contributed by atoms with van der Waals surface area (Å²) in [6, 6.07) is 0.849. The number of rotatable bonds is 2. The summed E-state index contributed by atoms with van der Waals surface area (Å²) in [6.45, 7) is 7.72. The van der Waals surface area contributed by atoms with Crippen molar-refractivity contribution in [3.05, 3.63) is 0 Å². The lowest BCUT2D eigenvalue weighted by molar-refractivity contribution is 0.129. The molecule has 0 aromatic heterocycles. The van der Waals surface area contributed by atoms with Crippen LogP contribution in [-0.2, 0) is 0 Å². The predicted molar refractivity (Wildman–Crippen MR) is 74.8 cm³/mol. The van der Waals surface area contributed by atoms with Crippen molar-refractivity contribution in [2.24, 2.45) is 11.3 Å². The fourth-order valence-corrected chi connectivity index (χ4v) is 4.10. The largest absolute Gasteiger partial charge is 0.316 e. The highest BCUT2D eigenvalue weighted by Gasteiger charge is 2.46. The van der Waals surface area contributed by atoms with Gasteiger partial charge in [-0.2, -0.15) is 0 Å². The van der Waals surface area contributed by atoms with Gasteiger partial charge in [0.25, 0.3) is 0 Å². The highest BCUT2D eigenvalue weighted by molar-refractivity contribution is 5.85. The number of likely N-dealkylation sites (tertiary alicyclic amines) is 1. The Morgan fingerprint density at radius 3 is 2.65 bits per heavy atom. The van der Waals surface area contributed by atoms with Gasteiger partial charge in [-0.3, -0.25) is 4.90 Å². The molecule has 3 heteroatoms. The van der Waals surface area contributed by atoms with Crippen molar-refractivity contribution in [2.75, 3.05) is 26.2 Å². The van der Waals surface area contributed by atoms with Gasteiger partial charge >= 0.3 is 0 Å². The topological polar surface area (TPSA) is 15.3 Å². The van der Waals surface area contributed by atoms with E-state index in [1.54, 1.807) is 0 Å². The molecule has 2 heterocycles. The van der Waals surface area contributed by atoms with E-state index in [-0.39, 0.29) is 12.4 Å². The quantitative estimate of drug-likeness (QED) is 0.819. The number of halogens is 1. The van der Waals surface area contributed by atoms with Crippen LogP contribution in [0.25, 0.3) is 0 Å². The van der Waals surface area contributed by atoms with E-state index in [2.05, 4.69) is 17.1 Å². The molecular weight excluding hydrogens is 232 g/mol. The molecule has 17 heavy (non-hydrogen) atoms. The first kappa shape index (κ1) is 13.6. The number of piperidine rings is 1. The fourth-order valence-electron chi connectivity index (χ4n) is 4.10. The molecule has 3 fully saturated rings. The molecule has 1 saturated carbocycles. The number of hydrogen-bond acceptors (Lipinski definition) is 2. The second kappa shape index (κ2) is 5.46. The Balaban J connectivity index is 0.00000108. The lowest BCUT2D eigenvalue weighted by Gasteiger charge is -2.38. The average Bonchev–Trinajstić information content (AvgIpc) is 2.58. The first-order chi connectivity index (χ1) is 7.77. The third-order valence-corrected chi connectivity index (χ3v) is 5.20. The molecule has 2 aliphatic heterocycles. The monoisotopic (exact) mass is 258 g/mol. The molecule has 0 amide bonds. The van der Waals surface area contributed by atoms with Crippen molar-refractivity contribution >= 4 is 12.4 Å².